The molecule has 8 nitrogen and oxygen atoms in total. The smallest absolute Gasteiger partial charge is 0.326 e. The molecule has 0 radical (unpaired) electrons. The van der Waals surface area contributed by atoms with Crippen LogP contribution in [0.2, 0.25) is 0 Å². The zero-order chi connectivity index (χ0) is 24.5. The molecular weight excluding hydrogens is 436 g/mol. The quantitative estimate of drug-likeness (QED) is 0.488. The highest BCUT2D eigenvalue weighted by molar-refractivity contribution is 5.88. The fourth-order valence-electron chi connectivity index (χ4n) is 4.12. The van der Waals surface area contributed by atoms with Crippen LogP contribution in [0.5, 0.6) is 0 Å². The molecule has 1 amide bonds. The largest absolute Gasteiger partial charge is 0.480 e. The summed E-state index contributed by atoms with van der Waals surface area (Å²) in [5.74, 6) is -1.90. The van der Waals surface area contributed by atoms with Gasteiger partial charge in [0, 0.05) is 20.1 Å². The van der Waals surface area contributed by atoms with Gasteiger partial charge in [-0.3, -0.25) is 14.9 Å². The molecule has 0 saturated carbocycles. The number of aryl methyl sites for hydroxylation is 1. The number of hydrogen-bond donors (Lipinski definition) is 2. The van der Waals surface area contributed by atoms with E-state index in [1.54, 1.807) is 6.92 Å². The van der Waals surface area contributed by atoms with Crippen molar-refractivity contribution in [3.63, 3.8) is 0 Å². The van der Waals surface area contributed by atoms with E-state index in [4.69, 9.17) is 9.47 Å². The number of aliphatic carboxylic acids is 1. The van der Waals surface area contributed by atoms with E-state index in [9.17, 15) is 19.5 Å². The Morgan fingerprint density at radius 1 is 1.06 bits per heavy atom. The van der Waals surface area contributed by atoms with E-state index < -0.39 is 30.1 Å². The zero-order valence-electron chi connectivity index (χ0n) is 19.6. The maximum absolute atomic E-state index is 13.1. The van der Waals surface area contributed by atoms with Crippen LogP contribution >= 0.6 is 0 Å². The van der Waals surface area contributed by atoms with Crippen molar-refractivity contribution in [2.75, 3.05) is 13.7 Å². The van der Waals surface area contributed by atoms with Crippen molar-refractivity contribution >= 4 is 17.8 Å². The van der Waals surface area contributed by atoms with Crippen LogP contribution in [0.15, 0.2) is 60.7 Å². The lowest BCUT2D eigenvalue weighted by molar-refractivity contribution is -0.151. The van der Waals surface area contributed by atoms with Crippen molar-refractivity contribution in [3.05, 3.63) is 71.8 Å². The number of nitrogens with zero attached hydrogens (tertiary/aromatic N) is 1. The van der Waals surface area contributed by atoms with Crippen molar-refractivity contribution in [1.29, 1.82) is 0 Å². The van der Waals surface area contributed by atoms with Gasteiger partial charge in [0.15, 0.2) is 0 Å². The fourth-order valence-corrected chi connectivity index (χ4v) is 4.12. The number of methoxy groups -OCH3 is 1. The maximum atomic E-state index is 13.1. The van der Waals surface area contributed by atoms with E-state index in [1.807, 2.05) is 60.7 Å². The molecule has 2 aromatic rings. The van der Waals surface area contributed by atoms with Crippen LogP contribution < -0.4 is 5.32 Å². The Labute approximate surface area is 199 Å². The molecule has 1 unspecified atom stereocenters. The lowest BCUT2D eigenvalue weighted by Crippen LogP contribution is -2.53. The van der Waals surface area contributed by atoms with Crippen LogP contribution in [0.25, 0.3) is 0 Å². The van der Waals surface area contributed by atoms with Crippen LogP contribution in [0.3, 0.4) is 0 Å². The second-order valence-electron chi connectivity index (χ2n) is 8.50. The first-order valence-corrected chi connectivity index (χ1v) is 11.5. The molecule has 1 heterocycles. The Bertz CT molecular complexity index is 952. The molecule has 1 aliphatic heterocycles. The summed E-state index contributed by atoms with van der Waals surface area (Å²) in [5.41, 5.74) is 1.94. The molecule has 8 heteroatoms. The van der Waals surface area contributed by atoms with E-state index in [0.29, 0.717) is 12.8 Å². The summed E-state index contributed by atoms with van der Waals surface area (Å²) in [5, 5.41) is 12.6. The van der Waals surface area contributed by atoms with Gasteiger partial charge in [0.25, 0.3) is 0 Å². The van der Waals surface area contributed by atoms with Crippen molar-refractivity contribution in [3.8, 4) is 0 Å². The molecule has 0 aromatic heterocycles. The highest BCUT2D eigenvalue weighted by Gasteiger charge is 2.41. The molecule has 0 aliphatic carbocycles. The summed E-state index contributed by atoms with van der Waals surface area (Å²) in [6, 6.07) is 16.7. The van der Waals surface area contributed by atoms with Crippen LogP contribution in [0, 0.1) is 0 Å². The molecule has 0 spiro atoms. The van der Waals surface area contributed by atoms with Gasteiger partial charge in [-0.05, 0) is 30.9 Å². The summed E-state index contributed by atoms with van der Waals surface area (Å²) in [6.07, 6.45) is 0.952. The van der Waals surface area contributed by atoms with Gasteiger partial charge in [0.1, 0.15) is 18.7 Å². The number of amides is 1. The third kappa shape index (κ3) is 6.88. The first-order valence-electron chi connectivity index (χ1n) is 11.5. The lowest BCUT2D eigenvalue weighted by Gasteiger charge is -2.27. The summed E-state index contributed by atoms with van der Waals surface area (Å²) >= 11 is 0. The Morgan fingerprint density at radius 3 is 2.26 bits per heavy atom. The standard InChI is InChI=1S/C26H32N2O6/c1-18(24(29)28-16-21(33-2)15-23(28)25(30)31)27-22(14-13-19-9-5-3-6-10-19)26(32)34-17-20-11-7-4-8-12-20/h3-12,18,21-23,27H,13-17H2,1-2H3,(H,30,31)/t18-,21-,22?,23-/m0/s1. The molecular formula is C26H32N2O6. The first kappa shape index (κ1) is 25.4. The third-order valence-electron chi connectivity index (χ3n) is 6.06. The number of carboxylic acid groups (broad SMARTS) is 1. The van der Waals surface area contributed by atoms with Crippen molar-refractivity contribution in [1.82, 2.24) is 10.2 Å². The number of likely N-dealkylation sites (tertiary alicyclic amines) is 1. The Morgan fingerprint density at radius 2 is 1.68 bits per heavy atom. The number of hydrogen-bond acceptors (Lipinski definition) is 6. The molecule has 1 aliphatic rings. The maximum Gasteiger partial charge on any atom is 0.326 e. The number of benzene rings is 2. The predicted octanol–water partition coefficient (Wildman–Crippen LogP) is 2.41. The number of ether oxygens (including phenoxy) is 2. The van der Waals surface area contributed by atoms with Crippen LogP contribution in [-0.2, 0) is 36.9 Å². The number of rotatable bonds is 11. The van der Waals surface area contributed by atoms with E-state index in [2.05, 4.69) is 5.32 Å². The Kier molecular flexibility index (Phi) is 9.18. The van der Waals surface area contributed by atoms with Gasteiger partial charge in [-0.15, -0.1) is 0 Å². The van der Waals surface area contributed by atoms with Gasteiger partial charge in [-0.1, -0.05) is 60.7 Å². The van der Waals surface area contributed by atoms with Crippen molar-refractivity contribution < 1.29 is 29.0 Å². The number of carbonyl (C=O) groups is 3. The Hall–Kier alpha value is -3.23. The van der Waals surface area contributed by atoms with Gasteiger partial charge in [0.2, 0.25) is 5.91 Å². The number of nitrogens with one attached hydrogen (secondary N) is 1. The highest BCUT2D eigenvalue weighted by Crippen LogP contribution is 2.21. The molecule has 1 fully saturated rings. The van der Waals surface area contributed by atoms with Gasteiger partial charge in [-0.25, -0.2) is 4.79 Å². The van der Waals surface area contributed by atoms with Gasteiger partial charge in [0.05, 0.1) is 12.1 Å². The SMILES string of the molecule is CO[C@H]1C[C@@H](C(=O)O)N(C(=O)[C@H](C)NC(CCc2ccccc2)C(=O)OCc2ccccc2)C1. The monoisotopic (exact) mass is 468 g/mol. The molecule has 0 bridgehead atoms. The lowest BCUT2D eigenvalue weighted by atomic mass is 10.0. The van der Waals surface area contributed by atoms with Gasteiger partial charge in [-0.2, -0.15) is 0 Å². The first-order chi connectivity index (χ1) is 16.4. The predicted molar refractivity (Wildman–Crippen MR) is 126 cm³/mol. The molecule has 1 saturated heterocycles. The average Bonchev–Trinajstić information content (AvgIpc) is 3.30. The summed E-state index contributed by atoms with van der Waals surface area (Å²) in [4.78, 5) is 39.1. The summed E-state index contributed by atoms with van der Waals surface area (Å²) in [7, 11) is 1.50. The normalized spacial score (nSPS) is 19.4. The van der Waals surface area contributed by atoms with E-state index in [-0.39, 0.29) is 31.6 Å². The van der Waals surface area contributed by atoms with E-state index >= 15 is 0 Å². The average molecular weight is 469 g/mol. The second kappa shape index (κ2) is 12.3. The van der Waals surface area contributed by atoms with E-state index in [1.165, 1.54) is 12.0 Å². The second-order valence-corrected chi connectivity index (χ2v) is 8.50. The van der Waals surface area contributed by atoms with Gasteiger partial charge < -0.3 is 19.5 Å². The van der Waals surface area contributed by atoms with Crippen LogP contribution in [0.1, 0.15) is 30.9 Å². The number of carboxylic acids is 1. The Balaban J connectivity index is 1.67. The molecule has 34 heavy (non-hydrogen) atoms. The third-order valence-corrected chi connectivity index (χ3v) is 6.06. The molecule has 3 rings (SSSR count). The van der Waals surface area contributed by atoms with Crippen LogP contribution in [-0.4, -0.2) is 65.7 Å². The summed E-state index contributed by atoms with van der Waals surface area (Å²) < 4.78 is 10.8. The summed E-state index contributed by atoms with van der Waals surface area (Å²) in [6.45, 7) is 1.97. The van der Waals surface area contributed by atoms with Gasteiger partial charge >= 0.3 is 11.9 Å². The highest BCUT2D eigenvalue weighted by atomic mass is 16.5. The van der Waals surface area contributed by atoms with E-state index in [0.717, 1.165) is 11.1 Å². The van der Waals surface area contributed by atoms with Crippen LogP contribution in [0.4, 0.5) is 0 Å². The molecule has 4 atom stereocenters. The molecule has 182 valence electrons. The molecule has 2 aromatic carbocycles. The minimum absolute atomic E-state index is 0.133. The zero-order valence-corrected chi connectivity index (χ0v) is 19.6. The minimum atomic E-state index is -1.07. The fraction of sp³-hybridized carbons (Fsp3) is 0.423. The van der Waals surface area contributed by atoms with Crippen molar-refractivity contribution in [2.24, 2.45) is 0 Å². The topological polar surface area (TPSA) is 105 Å². The minimum Gasteiger partial charge on any atom is -0.480 e. The van der Waals surface area contributed by atoms with Crippen molar-refractivity contribution in [2.45, 2.75) is 57.0 Å². The number of carbonyl (C=O) groups excluding carboxylic acids is 2. The number of esters is 1. The molecule has 2 N–H and O–H groups in total.